The van der Waals surface area contributed by atoms with E-state index >= 15 is 0 Å². The molecule has 0 saturated heterocycles. The van der Waals surface area contributed by atoms with Crippen molar-refractivity contribution in [1.82, 2.24) is 16.0 Å². The van der Waals surface area contributed by atoms with Gasteiger partial charge in [-0.3, -0.25) is 38.3 Å². The summed E-state index contributed by atoms with van der Waals surface area (Å²) >= 11 is 0. The molecule has 0 aliphatic heterocycles. The number of aliphatic carboxylic acids is 2. The second-order valence-electron chi connectivity index (χ2n) is 9.28. The summed E-state index contributed by atoms with van der Waals surface area (Å²) in [4.78, 5) is 108. The van der Waals surface area contributed by atoms with E-state index < -0.39 is 108 Å². The van der Waals surface area contributed by atoms with Gasteiger partial charge in [0.1, 0.15) is 29.9 Å². The average Bonchev–Trinajstić information content (AvgIpc) is 2.90. The molecule has 1 aromatic carbocycles. The van der Waals surface area contributed by atoms with Crippen LogP contribution in [0.5, 0.6) is 5.75 Å². The highest BCUT2D eigenvalue weighted by Gasteiger charge is 2.31. The molecular weight excluding hydrogens is 652 g/mol. The van der Waals surface area contributed by atoms with E-state index in [1.165, 1.54) is 12.1 Å². The molecule has 0 aromatic heterocycles. The lowest BCUT2D eigenvalue weighted by atomic mass is 10.0. The first-order valence-corrected chi connectivity index (χ1v) is 15.7. The number of carbonyl (C=O) groups is 6. The standard InChI is InChI=1S/C22H33N5O16P2/c23-13(10-42-44(36,37)38)19(31)25-14(5-7-17(24)28)20(32)26-15(6-8-18(29)30)21(33)27-16(22(34)35)9-11-1-3-12(4-2-11)43-45(39,40)41/h1-4,13-16H,5-10,23H2,(H2,24,28)(H,25,31)(H,26,32)(H,27,33)(H,29,30)(H,34,35)(H2,36,37,38)(H2,39,40,41)/t13-,14-,15-,16-/m0/s1. The molecule has 23 heteroatoms. The molecule has 0 radical (unpaired) electrons. The van der Waals surface area contributed by atoms with E-state index in [1.807, 2.05) is 0 Å². The van der Waals surface area contributed by atoms with E-state index in [4.69, 9.17) is 36.1 Å². The van der Waals surface area contributed by atoms with Gasteiger partial charge in [0.05, 0.1) is 6.61 Å². The Kier molecular flexibility index (Phi) is 15.2. The third kappa shape index (κ3) is 16.6. The number of primary amides is 1. The molecule has 0 spiro atoms. The summed E-state index contributed by atoms with van der Waals surface area (Å²) in [5.41, 5.74) is 10.9. The number of carbonyl (C=O) groups excluding carboxylic acids is 4. The van der Waals surface area contributed by atoms with Gasteiger partial charge in [-0.1, -0.05) is 12.1 Å². The Morgan fingerprint density at radius 2 is 1.24 bits per heavy atom. The van der Waals surface area contributed by atoms with Crippen LogP contribution >= 0.6 is 15.6 Å². The number of carboxylic acids is 2. The van der Waals surface area contributed by atoms with E-state index in [0.29, 0.717) is 0 Å². The number of benzene rings is 1. The van der Waals surface area contributed by atoms with Crippen molar-refractivity contribution in [2.45, 2.75) is 56.3 Å². The molecule has 13 N–H and O–H groups in total. The predicted molar refractivity (Wildman–Crippen MR) is 148 cm³/mol. The smallest absolute Gasteiger partial charge is 0.481 e. The topological polar surface area (TPSA) is 365 Å². The number of nitrogens with two attached hydrogens (primary N) is 2. The van der Waals surface area contributed by atoms with E-state index in [0.717, 1.165) is 12.1 Å². The molecule has 0 aliphatic rings. The van der Waals surface area contributed by atoms with Crippen LogP contribution in [-0.2, 0) is 48.8 Å². The summed E-state index contributed by atoms with van der Waals surface area (Å²) in [6.45, 7) is -0.972. The number of carboxylic acid groups (broad SMARTS) is 2. The van der Waals surface area contributed by atoms with Crippen LogP contribution in [0, 0.1) is 0 Å². The van der Waals surface area contributed by atoms with E-state index in [-0.39, 0.29) is 17.7 Å². The van der Waals surface area contributed by atoms with Crippen LogP contribution in [0.3, 0.4) is 0 Å². The van der Waals surface area contributed by atoms with Gasteiger partial charge in [-0.2, -0.15) is 0 Å². The highest BCUT2D eigenvalue weighted by molar-refractivity contribution is 7.46. The fourth-order valence-electron chi connectivity index (χ4n) is 3.43. The second kappa shape index (κ2) is 17.5. The van der Waals surface area contributed by atoms with Crippen molar-refractivity contribution in [3.05, 3.63) is 29.8 Å². The van der Waals surface area contributed by atoms with Gasteiger partial charge in [0.2, 0.25) is 23.6 Å². The lowest BCUT2D eigenvalue weighted by molar-refractivity contribution is -0.143. The lowest BCUT2D eigenvalue weighted by Gasteiger charge is -2.25. The molecule has 0 heterocycles. The Morgan fingerprint density at radius 1 is 0.756 bits per heavy atom. The van der Waals surface area contributed by atoms with Crippen molar-refractivity contribution in [3.63, 3.8) is 0 Å². The summed E-state index contributed by atoms with van der Waals surface area (Å²) < 4.78 is 30.4. The average molecular weight is 685 g/mol. The molecule has 4 amide bonds. The minimum absolute atomic E-state index is 0.229. The molecule has 0 bridgehead atoms. The van der Waals surface area contributed by atoms with Gasteiger partial charge in [-0.25, -0.2) is 13.9 Å². The van der Waals surface area contributed by atoms with Crippen molar-refractivity contribution >= 4 is 51.2 Å². The number of nitrogens with one attached hydrogen (secondary N) is 3. The normalized spacial score (nSPS) is 14.2. The van der Waals surface area contributed by atoms with Gasteiger partial charge in [0.15, 0.2) is 0 Å². The molecule has 45 heavy (non-hydrogen) atoms. The minimum atomic E-state index is -5.00. The number of phosphoric ester groups is 2. The monoisotopic (exact) mass is 685 g/mol. The van der Waals surface area contributed by atoms with Crippen molar-refractivity contribution in [2.75, 3.05) is 6.61 Å². The molecule has 0 saturated carbocycles. The van der Waals surface area contributed by atoms with Crippen LogP contribution < -0.4 is 31.9 Å². The van der Waals surface area contributed by atoms with Gasteiger partial charge < -0.3 is 51.9 Å². The van der Waals surface area contributed by atoms with Crippen molar-refractivity contribution in [1.29, 1.82) is 0 Å². The molecule has 0 aliphatic carbocycles. The second-order valence-corrected chi connectivity index (χ2v) is 11.7. The zero-order valence-electron chi connectivity index (χ0n) is 23.2. The van der Waals surface area contributed by atoms with Crippen LogP contribution in [0.25, 0.3) is 0 Å². The summed E-state index contributed by atoms with van der Waals surface area (Å²) in [7, 11) is -9.86. The maximum absolute atomic E-state index is 13.0. The van der Waals surface area contributed by atoms with Crippen LogP contribution in [0.2, 0.25) is 0 Å². The lowest BCUT2D eigenvalue weighted by Crippen LogP contribution is -2.57. The first kappa shape index (κ1) is 39.1. The first-order chi connectivity index (χ1) is 20.7. The zero-order chi connectivity index (χ0) is 34.5. The quantitative estimate of drug-likeness (QED) is 0.0602. The molecule has 4 atom stereocenters. The molecule has 21 nitrogen and oxygen atoms in total. The van der Waals surface area contributed by atoms with Gasteiger partial charge in [0, 0.05) is 19.3 Å². The van der Waals surface area contributed by atoms with E-state index in [1.54, 1.807) is 0 Å². The fourth-order valence-corrected chi connectivity index (χ4v) is 4.18. The zero-order valence-corrected chi connectivity index (χ0v) is 25.0. The van der Waals surface area contributed by atoms with Gasteiger partial charge in [-0.15, -0.1) is 0 Å². The highest BCUT2D eigenvalue weighted by atomic mass is 31.2. The van der Waals surface area contributed by atoms with Gasteiger partial charge in [0.25, 0.3) is 0 Å². The summed E-state index contributed by atoms with van der Waals surface area (Å²) in [5.74, 6) is -7.52. The van der Waals surface area contributed by atoms with Gasteiger partial charge in [-0.05, 0) is 30.5 Å². The molecule has 0 unspecified atom stereocenters. The summed E-state index contributed by atoms with van der Waals surface area (Å²) in [6, 6.07) is -1.87. The number of phosphoric acid groups is 2. The number of hydrogen-bond donors (Lipinski definition) is 11. The molecular formula is C22H33N5O16P2. The number of amides is 4. The van der Waals surface area contributed by atoms with Crippen molar-refractivity contribution in [2.24, 2.45) is 11.5 Å². The summed E-state index contributed by atoms with van der Waals surface area (Å²) in [6.07, 6.45) is -2.54. The van der Waals surface area contributed by atoms with E-state index in [2.05, 4.69) is 25.0 Å². The molecule has 1 rings (SSSR count). The van der Waals surface area contributed by atoms with Gasteiger partial charge >= 0.3 is 27.6 Å². The fraction of sp³-hybridized carbons (Fsp3) is 0.455. The van der Waals surface area contributed by atoms with Crippen LogP contribution in [0.1, 0.15) is 31.2 Å². The van der Waals surface area contributed by atoms with Crippen LogP contribution in [-0.4, -0.2) is 96.1 Å². The SMILES string of the molecule is NC(=O)CC[C@H](NC(=O)[C@@H](N)COP(=O)(O)O)C(=O)N[C@@H](CCC(=O)O)C(=O)N[C@@H](Cc1ccc(OP(=O)(O)O)cc1)C(=O)O. The van der Waals surface area contributed by atoms with E-state index in [9.17, 15) is 43.0 Å². The Morgan fingerprint density at radius 3 is 1.69 bits per heavy atom. The number of rotatable bonds is 20. The van der Waals surface area contributed by atoms with Crippen molar-refractivity contribution < 1.29 is 76.7 Å². The Hall–Kier alpha value is -3.94. The highest BCUT2D eigenvalue weighted by Crippen LogP contribution is 2.37. The largest absolute Gasteiger partial charge is 0.524 e. The molecule has 252 valence electrons. The maximum atomic E-state index is 13.0. The molecule has 1 aromatic rings. The summed E-state index contributed by atoms with van der Waals surface area (Å²) in [5, 5.41) is 25.2. The minimum Gasteiger partial charge on any atom is -0.481 e. The number of hydrogen-bond acceptors (Lipinski definition) is 11. The molecule has 0 fully saturated rings. The third-order valence-electron chi connectivity index (χ3n) is 5.55. The Labute approximate surface area is 254 Å². The van der Waals surface area contributed by atoms with Crippen molar-refractivity contribution in [3.8, 4) is 5.75 Å². The third-order valence-corrected chi connectivity index (χ3v) is 6.49. The first-order valence-electron chi connectivity index (χ1n) is 12.6. The Balaban J connectivity index is 3.10. The van der Waals surface area contributed by atoms with Crippen LogP contribution in [0.15, 0.2) is 24.3 Å². The Bertz CT molecular complexity index is 1330. The van der Waals surface area contributed by atoms with Crippen LogP contribution in [0.4, 0.5) is 0 Å². The predicted octanol–water partition coefficient (Wildman–Crippen LogP) is -3.19. The maximum Gasteiger partial charge on any atom is 0.524 e.